The SMILES string of the molecule is CN(Cc1cccs1)c1cc(F)cc(C#N)c1. The quantitative estimate of drug-likeness (QED) is 0.830. The topological polar surface area (TPSA) is 27.0 Å². The van der Waals surface area contributed by atoms with Crippen LogP contribution in [0.25, 0.3) is 0 Å². The van der Waals surface area contributed by atoms with Gasteiger partial charge in [-0.3, -0.25) is 0 Å². The Morgan fingerprint density at radius 1 is 1.41 bits per heavy atom. The summed E-state index contributed by atoms with van der Waals surface area (Å²) >= 11 is 1.66. The third kappa shape index (κ3) is 2.83. The van der Waals surface area contributed by atoms with Crippen molar-refractivity contribution in [3.63, 3.8) is 0 Å². The second-order valence-corrected chi connectivity index (χ2v) is 4.78. The molecule has 1 aromatic heterocycles. The fourth-order valence-electron chi connectivity index (χ4n) is 1.59. The van der Waals surface area contributed by atoms with Crippen molar-refractivity contribution in [3.05, 3.63) is 52.0 Å². The van der Waals surface area contributed by atoms with E-state index in [-0.39, 0.29) is 5.82 Å². The molecule has 0 fully saturated rings. The van der Waals surface area contributed by atoms with Crippen molar-refractivity contribution in [3.8, 4) is 6.07 Å². The molecule has 0 unspecified atom stereocenters. The summed E-state index contributed by atoms with van der Waals surface area (Å²) in [5.41, 5.74) is 1.06. The highest BCUT2D eigenvalue weighted by Gasteiger charge is 2.06. The summed E-state index contributed by atoms with van der Waals surface area (Å²) in [4.78, 5) is 3.13. The maximum absolute atomic E-state index is 13.3. The molecule has 0 aliphatic heterocycles. The molecule has 1 heterocycles. The summed E-state index contributed by atoms with van der Waals surface area (Å²) in [6.45, 7) is 0.714. The molecular weight excluding hydrogens is 235 g/mol. The molecular formula is C13H11FN2S. The summed E-state index contributed by atoms with van der Waals surface area (Å²) in [5.74, 6) is -0.378. The molecule has 2 nitrogen and oxygen atoms in total. The van der Waals surface area contributed by atoms with Gasteiger partial charge in [0, 0.05) is 17.6 Å². The van der Waals surface area contributed by atoms with Crippen LogP contribution in [0.15, 0.2) is 35.7 Å². The Hall–Kier alpha value is -1.86. The molecule has 17 heavy (non-hydrogen) atoms. The lowest BCUT2D eigenvalue weighted by Crippen LogP contribution is -2.15. The molecule has 0 spiro atoms. The number of hydrogen-bond acceptors (Lipinski definition) is 3. The average Bonchev–Trinajstić information content (AvgIpc) is 2.81. The van der Waals surface area contributed by atoms with Crippen molar-refractivity contribution >= 4 is 17.0 Å². The molecule has 0 radical (unpaired) electrons. The van der Waals surface area contributed by atoms with Gasteiger partial charge in [-0.2, -0.15) is 5.26 Å². The van der Waals surface area contributed by atoms with Gasteiger partial charge < -0.3 is 4.90 Å². The van der Waals surface area contributed by atoms with Crippen LogP contribution in [0.5, 0.6) is 0 Å². The van der Waals surface area contributed by atoms with Gasteiger partial charge in [0.1, 0.15) is 5.82 Å². The van der Waals surface area contributed by atoms with Crippen molar-refractivity contribution in [2.45, 2.75) is 6.54 Å². The van der Waals surface area contributed by atoms with Gasteiger partial charge in [0.05, 0.1) is 18.2 Å². The van der Waals surface area contributed by atoms with Gasteiger partial charge in [0.25, 0.3) is 0 Å². The van der Waals surface area contributed by atoms with E-state index >= 15 is 0 Å². The van der Waals surface area contributed by atoms with Crippen LogP contribution in [-0.2, 0) is 6.54 Å². The Bertz CT molecular complexity index is 543. The second-order valence-electron chi connectivity index (χ2n) is 3.75. The first kappa shape index (κ1) is 11.6. The Balaban J connectivity index is 2.22. The van der Waals surface area contributed by atoms with E-state index < -0.39 is 0 Å². The van der Waals surface area contributed by atoms with E-state index in [0.717, 1.165) is 5.69 Å². The molecule has 0 aliphatic rings. The largest absolute Gasteiger partial charge is 0.369 e. The molecule has 2 rings (SSSR count). The molecule has 0 saturated carbocycles. The van der Waals surface area contributed by atoms with Gasteiger partial charge in [-0.05, 0) is 29.6 Å². The highest BCUT2D eigenvalue weighted by Crippen LogP contribution is 2.20. The normalized spacial score (nSPS) is 9.94. The molecule has 0 bridgehead atoms. The van der Waals surface area contributed by atoms with E-state index in [1.165, 1.54) is 17.0 Å². The molecule has 1 aromatic carbocycles. The fourth-order valence-corrected chi connectivity index (χ4v) is 2.34. The first-order valence-corrected chi connectivity index (χ1v) is 6.01. The van der Waals surface area contributed by atoms with Crippen LogP contribution in [0, 0.1) is 17.1 Å². The van der Waals surface area contributed by atoms with Crippen LogP contribution in [0.1, 0.15) is 10.4 Å². The number of halogens is 1. The third-order valence-electron chi connectivity index (χ3n) is 2.43. The Morgan fingerprint density at radius 3 is 2.88 bits per heavy atom. The smallest absolute Gasteiger partial charge is 0.126 e. The molecule has 86 valence electrons. The zero-order valence-corrected chi connectivity index (χ0v) is 10.2. The Labute approximate surface area is 104 Å². The maximum Gasteiger partial charge on any atom is 0.126 e. The summed E-state index contributed by atoms with van der Waals surface area (Å²) in [5, 5.41) is 10.8. The molecule has 2 aromatic rings. The van der Waals surface area contributed by atoms with Crippen molar-refractivity contribution in [1.82, 2.24) is 0 Å². The highest BCUT2D eigenvalue weighted by atomic mass is 32.1. The minimum Gasteiger partial charge on any atom is -0.369 e. The molecule has 0 amide bonds. The van der Waals surface area contributed by atoms with Crippen LogP contribution in [0.2, 0.25) is 0 Å². The number of nitriles is 1. The summed E-state index contributed by atoms with van der Waals surface area (Å²) in [7, 11) is 1.88. The van der Waals surface area contributed by atoms with Gasteiger partial charge in [-0.25, -0.2) is 4.39 Å². The number of nitrogens with zero attached hydrogens (tertiary/aromatic N) is 2. The van der Waals surface area contributed by atoms with Gasteiger partial charge in [0.15, 0.2) is 0 Å². The first-order chi connectivity index (χ1) is 8.19. The predicted molar refractivity (Wildman–Crippen MR) is 67.5 cm³/mol. The lowest BCUT2D eigenvalue weighted by atomic mass is 10.2. The monoisotopic (exact) mass is 246 g/mol. The van der Waals surface area contributed by atoms with E-state index in [9.17, 15) is 4.39 Å². The van der Waals surface area contributed by atoms with E-state index in [0.29, 0.717) is 12.1 Å². The van der Waals surface area contributed by atoms with E-state index in [2.05, 4.69) is 0 Å². The van der Waals surface area contributed by atoms with Gasteiger partial charge in [0.2, 0.25) is 0 Å². The lowest BCUT2D eigenvalue weighted by molar-refractivity contribution is 0.626. The Kier molecular flexibility index (Phi) is 3.40. The first-order valence-electron chi connectivity index (χ1n) is 5.13. The van der Waals surface area contributed by atoms with Crippen molar-refractivity contribution in [2.24, 2.45) is 0 Å². The maximum atomic E-state index is 13.3. The standard InChI is InChI=1S/C13H11FN2S/c1-16(9-13-3-2-4-17-13)12-6-10(8-15)5-11(14)7-12/h2-7H,9H2,1H3. The minimum atomic E-state index is -0.378. The van der Waals surface area contributed by atoms with Crippen LogP contribution >= 0.6 is 11.3 Å². The third-order valence-corrected chi connectivity index (χ3v) is 3.29. The summed E-state index contributed by atoms with van der Waals surface area (Å²) in [6, 6.07) is 10.3. The molecule has 0 saturated heterocycles. The number of hydrogen-bond donors (Lipinski definition) is 0. The number of thiophene rings is 1. The summed E-state index contributed by atoms with van der Waals surface area (Å²) in [6.07, 6.45) is 0. The van der Waals surface area contributed by atoms with Crippen molar-refractivity contribution < 1.29 is 4.39 Å². The van der Waals surface area contributed by atoms with Gasteiger partial charge in [-0.1, -0.05) is 6.07 Å². The van der Waals surface area contributed by atoms with E-state index in [1.54, 1.807) is 17.4 Å². The van der Waals surface area contributed by atoms with Gasteiger partial charge in [-0.15, -0.1) is 11.3 Å². The van der Waals surface area contributed by atoms with Gasteiger partial charge >= 0.3 is 0 Å². The van der Waals surface area contributed by atoms with Crippen molar-refractivity contribution in [1.29, 1.82) is 5.26 Å². The molecule has 0 N–H and O–H groups in total. The van der Waals surface area contributed by atoms with Crippen LogP contribution < -0.4 is 4.90 Å². The van der Waals surface area contributed by atoms with Crippen LogP contribution in [0.3, 0.4) is 0 Å². The zero-order valence-electron chi connectivity index (χ0n) is 9.35. The molecule has 0 aliphatic carbocycles. The van der Waals surface area contributed by atoms with Crippen LogP contribution in [0.4, 0.5) is 10.1 Å². The summed E-state index contributed by atoms with van der Waals surface area (Å²) < 4.78 is 13.3. The number of anilines is 1. The van der Waals surface area contributed by atoms with Crippen LogP contribution in [-0.4, -0.2) is 7.05 Å². The number of benzene rings is 1. The Morgan fingerprint density at radius 2 is 2.24 bits per heavy atom. The highest BCUT2D eigenvalue weighted by molar-refractivity contribution is 7.09. The minimum absolute atomic E-state index is 0.345. The average molecular weight is 246 g/mol. The fraction of sp³-hybridized carbons (Fsp3) is 0.154. The second kappa shape index (κ2) is 4.98. The lowest BCUT2D eigenvalue weighted by Gasteiger charge is -2.18. The van der Waals surface area contributed by atoms with E-state index in [1.807, 2.05) is 35.5 Å². The van der Waals surface area contributed by atoms with Crippen molar-refractivity contribution in [2.75, 3.05) is 11.9 Å². The molecule has 0 atom stereocenters. The molecule has 4 heteroatoms. The van der Waals surface area contributed by atoms with E-state index in [4.69, 9.17) is 5.26 Å². The number of rotatable bonds is 3. The predicted octanol–water partition coefficient (Wildman–Crippen LogP) is 3.40. The zero-order chi connectivity index (χ0) is 12.3.